The molecule has 2 fully saturated rings. The van der Waals surface area contributed by atoms with Crippen molar-refractivity contribution in [3.63, 3.8) is 0 Å². The average molecular weight is 549 g/mol. The van der Waals surface area contributed by atoms with Gasteiger partial charge >= 0.3 is 0 Å². The van der Waals surface area contributed by atoms with Gasteiger partial charge in [0.2, 0.25) is 0 Å². The summed E-state index contributed by atoms with van der Waals surface area (Å²) in [7, 11) is 7.27. The lowest BCUT2D eigenvalue weighted by Gasteiger charge is -2.48. The van der Waals surface area contributed by atoms with E-state index < -0.39 is 0 Å². The molecule has 0 saturated carbocycles. The molecule has 2 saturated heterocycles. The zero-order chi connectivity index (χ0) is 28.4. The molecule has 3 heterocycles. The lowest BCUT2D eigenvalue weighted by Crippen LogP contribution is -2.55. The van der Waals surface area contributed by atoms with Crippen LogP contribution in [-0.2, 0) is 11.8 Å². The summed E-state index contributed by atoms with van der Waals surface area (Å²) >= 11 is 0. The molecule has 3 atom stereocenters. The largest absolute Gasteiger partial charge is 0.493 e. The van der Waals surface area contributed by atoms with Crippen LogP contribution in [0.5, 0.6) is 11.5 Å². The normalized spacial score (nSPS) is 23.1. The predicted octanol–water partition coefficient (Wildman–Crippen LogP) is 6.02. The topological polar surface area (TPSA) is 52.0 Å². The van der Waals surface area contributed by atoms with Crippen molar-refractivity contribution in [1.29, 1.82) is 0 Å². The first kappa shape index (κ1) is 28.9. The Morgan fingerprint density at radius 3 is 2.40 bits per heavy atom. The van der Waals surface area contributed by atoms with Gasteiger partial charge in [0.25, 0.3) is 0 Å². The molecule has 218 valence electrons. The lowest BCUT2D eigenvalue weighted by atomic mass is 9.84. The molecule has 0 spiro atoms. The minimum Gasteiger partial charge on any atom is -0.493 e. The Bertz CT molecular complexity index is 1300. The molecule has 0 aliphatic carbocycles. The third kappa shape index (κ3) is 5.61. The summed E-state index contributed by atoms with van der Waals surface area (Å²) in [6.45, 7) is 11.2. The summed E-state index contributed by atoms with van der Waals surface area (Å²) in [6.07, 6.45) is 6.22. The maximum absolute atomic E-state index is 5.55. The molecule has 2 aromatic carbocycles. The van der Waals surface area contributed by atoms with Gasteiger partial charge in [-0.05, 0) is 100 Å². The molecule has 0 amide bonds. The van der Waals surface area contributed by atoms with Crippen LogP contribution in [0.3, 0.4) is 0 Å². The minimum absolute atomic E-state index is 0.597. The van der Waals surface area contributed by atoms with Crippen molar-refractivity contribution in [3.8, 4) is 22.9 Å². The van der Waals surface area contributed by atoms with E-state index in [9.17, 15) is 0 Å². The maximum Gasteiger partial charge on any atom is 0.161 e. The van der Waals surface area contributed by atoms with Gasteiger partial charge < -0.3 is 23.7 Å². The molecule has 40 heavy (non-hydrogen) atoms. The molecule has 3 unspecified atom stereocenters. The van der Waals surface area contributed by atoms with E-state index in [4.69, 9.17) is 19.2 Å². The van der Waals surface area contributed by atoms with E-state index in [2.05, 4.69) is 60.4 Å². The fourth-order valence-corrected chi connectivity index (χ4v) is 7.29. The Hall–Kier alpha value is -2.61. The first-order valence-corrected chi connectivity index (χ1v) is 15.1. The fraction of sp³-hybridized carbons (Fsp3) is 0.606. The van der Waals surface area contributed by atoms with Crippen molar-refractivity contribution < 1.29 is 14.2 Å². The number of aryl methyl sites for hydroxylation is 2. The van der Waals surface area contributed by atoms with Crippen molar-refractivity contribution in [2.75, 3.05) is 47.6 Å². The molecule has 3 aromatic rings. The SMILES string of the molecule is CCC1CC(N2CCC(c3cc(C)c4nc(-c5ccc(OC)c(OC)c5)n(C)c4c3)CC2)CC(C)N1CCOC. The first-order chi connectivity index (χ1) is 19.4. The molecule has 1 aromatic heterocycles. The Morgan fingerprint density at radius 2 is 1.73 bits per heavy atom. The second-order valence-electron chi connectivity index (χ2n) is 11.8. The van der Waals surface area contributed by atoms with Gasteiger partial charge in [0.1, 0.15) is 5.82 Å². The number of benzene rings is 2. The number of ether oxygens (including phenoxy) is 3. The average Bonchev–Trinajstić information content (AvgIpc) is 3.32. The Labute approximate surface area is 240 Å². The molecule has 2 aliphatic heterocycles. The highest BCUT2D eigenvalue weighted by molar-refractivity contribution is 5.84. The van der Waals surface area contributed by atoms with Gasteiger partial charge in [0.05, 0.1) is 31.9 Å². The van der Waals surface area contributed by atoms with Crippen LogP contribution >= 0.6 is 0 Å². The van der Waals surface area contributed by atoms with E-state index >= 15 is 0 Å². The zero-order valence-electron chi connectivity index (χ0n) is 25.6. The monoisotopic (exact) mass is 548 g/mol. The summed E-state index contributed by atoms with van der Waals surface area (Å²) in [4.78, 5) is 10.6. The minimum atomic E-state index is 0.597. The van der Waals surface area contributed by atoms with Gasteiger partial charge in [-0.2, -0.15) is 0 Å². The number of piperidine rings is 2. The van der Waals surface area contributed by atoms with Crippen LogP contribution in [0.15, 0.2) is 30.3 Å². The number of hydrogen-bond donors (Lipinski definition) is 0. The van der Waals surface area contributed by atoms with Crippen molar-refractivity contribution in [2.24, 2.45) is 7.05 Å². The summed E-state index contributed by atoms with van der Waals surface area (Å²) in [6, 6.07) is 12.8. The van der Waals surface area contributed by atoms with E-state index in [1.807, 2.05) is 19.2 Å². The van der Waals surface area contributed by atoms with Gasteiger partial charge in [-0.1, -0.05) is 13.0 Å². The molecule has 0 N–H and O–H groups in total. The predicted molar refractivity (Wildman–Crippen MR) is 163 cm³/mol. The van der Waals surface area contributed by atoms with Crippen LogP contribution < -0.4 is 9.47 Å². The van der Waals surface area contributed by atoms with Gasteiger partial charge in [-0.3, -0.25) is 4.90 Å². The number of hydrogen-bond acceptors (Lipinski definition) is 6. The van der Waals surface area contributed by atoms with Gasteiger partial charge in [-0.15, -0.1) is 0 Å². The standard InChI is InChI=1S/C33H48N4O3/c1-8-27-21-28(18-23(3)37(27)15-16-38-5)36-13-11-24(12-14-36)26-17-22(2)32-29(19-26)35(4)33(34-32)25-9-10-30(39-6)31(20-25)40-7/h9-10,17,19-20,23-24,27-28H,8,11-16,18,21H2,1-7H3. The third-order valence-corrected chi connectivity index (χ3v) is 9.58. The number of fused-ring (bicyclic) bond motifs is 1. The molecule has 5 rings (SSSR count). The van der Waals surface area contributed by atoms with Crippen LogP contribution in [0.25, 0.3) is 22.4 Å². The van der Waals surface area contributed by atoms with Crippen molar-refractivity contribution in [2.45, 2.75) is 76.9 Å². The van der Waals surface area contributed by atoms with E-state index in [-0.39, 0.29) is 0 Å². The highest BCUT2D eigenvalue weighted by atomic mass is 16.5. The van der Waals surface area contributed by atoms with E-state index in [0.717, 1.165) is 41.6 Å². The van der Waals surface area contributed by atoms with E-state index in [0.29, 0.717) is 24.0 Å². The number of aromatic nitrogens is 2. The zero-order valence-corrected chi connectivity index (χ0v) is 25.6. The van der Waals surface area contributed by atoms with Crippen LogP contribution in [0.1, 0.15) is 63.0 Å². The molecular formula is C33H48N4O3. The molecule has 7 heteroatoms. The van der Waals surface area contributed by atoms with Crippen LogP contribution in [0, 0.1) is 6.92 Å². The number of likely N-dealkylation sites (tertiary alicyclic amines) is 2. The van der Waals surface area contributed by atoms with Gasteiger partial charge in [-0.25, -0.2) is 4.98 Å². The van der Waals surface area contributed by atoms with Crippen LogP contribution in [0.4, 0.5) is 0 Å². The van der Waals surface area contributed by atoms with E-state index in [1.165, 1.54) is 61.8 Å². The Kier molecular flexibility index (Phi) is 9.03. The highest BCUT2D eigenvalue weighted by Gasteiger charge is 2.36. The van der Waals surface area contributed by atoms with Crippen LogP contribution in [-0.4, -0.2) is 85.0 Å². The lowest BCUT2D eigenvalue weighted by molar-refractivity contribution is 0.00479. The molecule has 7 nitrogen and oxygen atoms in total. The highest BCUT2D eigenvalue weighted by Crippen LogP contribution is 2.37. The van der Waals surface area contributed by atoms with Crippen molar-refractivity contribution >= 4 is 11.0 Å². The van der Waals surface area contributed by atoms with Gasteiger partial charge in [0, 0.05) is 44.4 Å². The molecule has 2 aliphatic rings. The summed E-state index contributed by atoms with van der Waals surface area (Å²) in [5.41, 5.74) is 6.01. The molecule has 0 bridgehead atoms. The van der Waals surface area contributed by atoms with Crippen molar-refractivity contribution in [3.05, 3.63) is 41.5 Å². The summed E-state index contributed by atoms with van der Waals surface area (Å²) < 4.78 is 18.6. The number of rotatable bonds is 9. The quantitative estimate of drug-likeness (QED) is 0.326. The smallest absolute Gasteiger partial charge is 0.161 e. The van der Waals surface area contributed by atoms with Crippen LogP contribution in [0.2, 0.25) is 0 Å². The van der Waals surface area contributed by atoms with Gasteiger partial charge in [0.15, 0.2) is 11.5 Å². The van der Waals surface area contributed by atoms with E-state index in [1.54, 1.807) is 14.2 Å². The Balaban J connectivity index is 1.30. The summed E-state index contributed by atoms with van der Waals surface area (Å²) in [5, 5.41) is 0. The summed E-state index contributed by atoms with van der Waals surface area (Å²) in [5.74, 6) is 2.99. The third-order valence-electron chi connectivity index (χ3n) is 9.58. The number of methoxy groups -OCH3 is 3. The van der Waals surface area contributed by atoms with Crippen molar-refractivity contribution in [1.82, 2.24) is 19.4 Å². The molecular weight excluding hydrogens is 500 g/mol. The maximum atomic E-state index is 5.55. The second kappa shape index (κ2) is 12.5. The number of nitrogens with zero attached hydrogens (tertiary/aromatic N) is 4. The molecule has 0 radical (unpaired) electrons. The Morgan fingerprint density at radius 1 is 0.975 bits per heavy atom. The fourth-order valence-electron chi connectivity index (χ4n) is 7.29. The number of imidazole rings is 1. The first-order valence-electron chi connectivity index (χ1n) is 15.1. The second-order valence-corrected chi connectivity index (χ2v) is 11.8.